The second-order valence-corrected chi connectivity index (χ2v) is 12.1. The van der Waals surface area contributed by atoms with Crippen LogP contribution in [0.25, 0.3) is 10.4 Å². The second-order valence-electron chi connectivity index (χ2n) is 6.92. The highest BCUT2D eigenvalue weighted by atomic mass is 32.2. The van der Waals surface area contributed by atoms with Gasteiger partial charge in [0.15, 0.2) is 11.5 Å². The molecule has 0 spiro atoms. The molecule has 1 aromatic carbocycles. The maximum absolute atomic E-state index is 13.3. The van der Waals surface area contributed by atoms with Crippen LogP contribution in [0.15, 0.2) is 34.5 Å². The van der Waals surface area contributed by atoms with Gasteiger partial charge < -0.3 is 9.47 Å². The molecule has 0 bridgehead atoms. The quantitative estimate of drug-likeness (QED) is 0.451. The summed E-state index contributed by atoms with van der Waals surface area (Å²) in [5.41, 5.74) is 2.16. The number of thiophene rings is 1. The molecule has 14 heteroatoms. The Bertz CT molecular complexity index is 1220. The van der Waals surface area contributed by atoms with Gasteiger partial charge in [0.05, 0.1) is 6.26 Å². The number of ether oxygens (including phenoxy) is 2. The zero-order valence-corrected chi connectivity index (χ0v) is 18.7. The lowest BCUT2D eigenvalue weighted by Crippen LogP contribution is -2.60. The number of carbonyl (C=O) groups excluding carboxylic acids is 1. The van der Waals surface area contributed by atoms with Crippen molar-refractivity contribution in [2.24, 2.45) is 0 Å². The van der Waals surface area contributed by atoms with Crippen LogP contribution >= 0.6 is 11.3 Å². The fourth-order valence-corrected chi connectivity index (χ4v) is 7.22. The highest BCUT2D eigenvalue weighted by Crippen LogP contribution is 2.39. The molecule has 2 aliphatic rings. The minimum atomic E-state index is -4.13. The van der Waals surface area contributed by atoms with E-state index in [0.29, 0.717) is 16.4 Å². The van der Waals surface area contributed by atoms with Crippen LogP contribution in [-0.2, 0) is 24.8 Å². The minimum Gasteiger partial charge on any atom is -0.454 e. The third kappa shape index (κ3) is 4.14. The van der Waals surface area contributed by atoms with Crippen LogP contribution in [0.1, 0.15) is 0 Å². The third-order valence-corrected chi connectivity index (χ3v) is 9.76. The number of carbonyl (C=O) groups is 1. The van der Waals surface area contributed by atoms with Crippen molar-refractivity contribution in [3.05, 3.63) is 30.3 Å². The van der Waals surface area contributed by atoms with Crippen molar-refractivity contribution in [2.45, 2.75) is 10.3 Å². The van der Waals surface area contributed by atoms with Gasteiger partial charge in [0.1, 0.15) is 10.3 Å². The Morgan fingerprint density at radius 1 is 1.13 bits per heavy atom. The molecular formula is C17H19N3O8S3. The van der Waals surface area contributed by atoms with Crippen LogP contribution in [0, 0.1) is 0 Å². The van der Waals surface area contributed by atoms with Crippen LogP contribution in [0.4, 0.5) is 0 Å². The van der Waals surface area contributed by atoms with Crippen LogP contribution < -0.4 is 15.0 Å². The SMILES string of the molecule is CS(=O)(=O)N1CCN(S(=O)(=O)c2ccc(-c3ccc4c(c3)OCO4)s2)[C@@H](C(=O)NO)C1. The summed E-state index contributed by atoms with van der Waals surface area (Å²) < 4.78 is 62.8. The number of amides is 1. The first-order valence-electron chi connectivity index (χ1n) is 9.02. The molecule has 1 saturated heterocycles. The highest BCUT2D eigenvalue weighted by molar-refractivity contribution is 7.91. The second kappa shape index (κ2) is 8.03. The van der Waals surface area contributed by atoms with E-state index < -0.39 is 38.5 Å². The molecule has 0 saturated carbocycles. The normalized spacial score (nSPS) is 20.0. The van der Waals surface area contributed by atoms with E-state index in [1.165, 1.54) is 11.5 Å². The number of nitrogens with zero attached hydrogens (tertiary/aromatic N) is 2. The average Bonchev–Trinajstić information content (AvgIpc) is 3.41. The molecule has 31 heavy (non-hydrogen) atoms. The van der Waals surface area contributed by atoms with Crippen molar-refractivity contribution in [3.63, 3.8) is 0 Å². The van der Waals surface area contributed by atoms with Crippen molar-refractivity contribution < 1.29 is 36.3 Å². The van der Waals surface area contributed by atoms with Gasteiger partial charge in [0.25, 0.3) is 15.9 Å². The molecule has 1 atom stereocenters. The summed E-state index contributed by atoms with van der Waals surface area (Å²) in [5.74, 6) is 0.158. The number of hydrogen-bond acceptors (Lipinski definition) is 9. The molecule has 0 radical (unpaired) electrons. The Kier molecular flexibility index (Phi) is 5.70. The number of hydroxylamine groups is 1. The summed E-state index contributed by atoms with van der Waals surface area (Å²) in [6.45, 7) is -0.611. The molecule has 0 unspecified atom stereocenters. The van der Waals surface area contributed by atoms with E-state index in [9.17, 15) is 21.6 Å². The first kappa shape index (κ1) is 22.0. The fraction of sp³-hybridized carbons (Fsp3) is 0.353. The summed E-state index contributed by atoms with van der Waals surface area (Å²) in [6.07, 6.45) is 0.974. The van der Waals surface area contributed by atoms with Gasteiger partial charge in [0.2, 0.25) is 16.8 Å². The standard InChI is InChI=1S/C17H19N3O8S3/c1-30(23,24)19-6-7-20(12(9-19)17(21)18-22)31(25,26)16-5-4-15(29-16)11-2-3-13-14(8-11)28-10-27-13/h2-5,8,12,22H,6-7,9-10H2,1H3,(H,18,21)/t12-/m1/s1. The van der Waals surface area contributed by atoms with Crippen molar-refractivity contribution in [1.82, 2.24) is 14.1 Å². The lowest BCUT2D eigenvalue weighted by molar-refractivity contribution is -0.134. The van der Waals surface area contributed by atoms with Crippen LogP contribution in [0.3, 0.4) is 0 Å². The topological polar surface area (TPSA) is 143 Å². The van der Waals surface area contributed by atoms with Gasteiger partial charge in [-0.2, -0.15) is 8.61 Å². The number of benzene rings is 1. The molecule has 168 valence electrons. The Morgan fingerprint density at radius 2 is 1.87 bits per heavy atom. The lowest BCUT2D eigenvalue weighted by Gasteiger charge is -2.37. The van der Waals surface area contributed by atoms with Crippen LogP contribution in [0.5, 0.6) is 11.5 Å². The molecule has 1 fully saturated rings. The molecule has 2 aliphatic heterocycles. The number of nitrogens with one attached hydrogen (secondary N) is 1. The zero-order chi connectivity index (χ0) is 22.4. The average molecular weight is 490 g/mol. The van der Waals surface area contributed by atoms with E-state index in [1.54, 1.807) is 24.3 Å². The molecule has 1 aromatic heterocycles. The summed E-state index contributed by atoms with van der Waals surface area (Å²) >= 11 is 1.01. The smallest absolute Gasteiger partial charge is 0.263 e. The summed E-state index contributed by atoms with van der Waals surface area (Å²) in [5, 5.41) is 9.05. The van der Waals surface area contributed by atoms with Crippen molar-refractivity contribution in [2.75, 3.05) is 32.7 Å². The number of fused-ring (bicyclic) bond motifs is 1. The fourth-order valence-electron chi connectivity index (χ4n) is 3.40. The Hall–Kier alpha value is -2.23. The van der Waals surface area contributed by atoms with Gasteiger partial charge in [-0.05, 0) is 35.9 Å². The van der Waals surface area contributed by atoms with E-state index in [0.717, 1.165) is 31.8 Å². The maximum Gasteiger partial charge on any atom is 0.263 e. The monoisotopic (exact) mass is 489 g/mol. The van der Waals surface area contributed by atoms with Crippen LogP contribution in [0.2, 0.25) is 0 Å². The van der Waals surface area contributed by atoms with E-state index >= 15 is 0 Å². The predicted molar refractivity (Wildman–Crippen MR) is 110 cm³/mol. The van der Waals surface area contributed by atoms with Crippen LogP contribution in [-0.4, -0.2) is 75.3 Å². The molecule has 2 aromatic rings. The van der Waals surface area contributed by atoms with E-state index in [-0.39, 0.29) is 24.1 Å². The molecule has 2 N–H and O–H groups in total. The van der Waals surface area contributed by atoms with Gasteiger partial charge >= 0.3 is 0 Å². The predicted octanol–water partition coefficient (Wildman–Crippen LogP) is 0.284. The van der Waals surface area contributed by atoms with Gasteiger partial charge in [-0.15, -0.1) is 11.3 Å². The number of sulfonamides is 2. The molecule has 1 amide bonds. The van der Waals surface area contributed by atoms with E-state index in [4.69, 9.17) is 14.7 Å². The Balaban J connectivity index is 1.64. The number of hydrogen-bond donors (Lipinski definition) is 2. The van der Waals surface area contributed by atoms with E-state index in [1.807, 2.05) is 0 Å². The summed E-state index contributed by atoms with van der Waals surface area (Å²) in [6, 6.07) is 6.92. The minimum absolute atomic E-state index is 0.0105. The third-order valence-electron chi connectivity index (χ3n) is 4.98. The first-order chi connectivity index (χ1) is 14.6. The zero-order valence-electron chi connectivity index (χ0n) is 16.2. The van der Waals surface area contributed by atoms with E-state index in [2.05, 4.69) is 0 Å². The highest BCUT2D eigenvalue weighted by Gasteiger charge is 2.42. The Labute approximate surface area is 182 Å². The number of rotatable bonds is 5. The van der Waals surface area contributed by atoms with Crippen molar-refractivity contribution >= 4 is 37.3 Å². The number of piperazine rings is 1. The van der Waals surface area contributed by atoms with Crippen molar-refractivity contribution in [1.29, 1.82) is 0 Å². The lowest BCUT2D eigenvalue weighted by atomic mass is 10.2. The summed E-state index contributed by atoms with van der Waals surface area (Å²) in [7, 11) is -7.77. The van der Waals surface area contributed by atoms with Gasteiger partial charge in [-0.25, -0.2) is 22.3 Å². The summed E-state index contributed by atoms with van der Waals surface area (Å²) in [4.78, 5) is 12.8. The maximum atomic E-state index is 13.3. The van der Waals surface area contributed by atoms with Gasteiger partial charge in [-0.3, -0.25) is 10.0 Å². The first-order valence-corrected chi connectivity index (χ1v) is 13.1. The van der Waals surface area contributed by atoms with Gasteiger partial charge in [-0.1, -0.05) is 0 Å². The Morgan fingerprint density at radius 3 is 2.58 bits per heavy atom. The van der Waals surface area contributed by atoms with Crippen molar-refractivity contribution in [3.8, 4) is 21.9 Å². The largest absolute Gasteiger partial charge is 0.454 e. The molecule has 11 nitrogen and oxygen atoms in total. The molecule has 3 heterocycles. The van der Waals surface area contributed by atoms with Gasteiger partial charge in [0, 0.05) is 24.5 Å². The molecule has 0 aliphatic carbocycles. The molecule has 4 rings (SSSR count). The molecular weight excluding hydrogens is 470 g/mol.